The van der Waals surface area contributed by atoms with E-state index in [4.69, 9.17) is 9.47 Å². The third-order valence-electron chi connectivity index (χ3n) is 6.51. The molecule has 188 valence electrons. The highest BCUT2D eigenvalue weighted by atomic mass is 16.5. The second kappa shape index (κ2) is 12.0. The second-order valence-electron chi connectivity index (χ2n) is 8.70. The lowest BCUT2D eigenvalue weighted by Crippen LogP contribution is -2.46. The van der Waals surface area contributed by atoms with Crippen molar-refractivity contribution in [3.63, 3.8) is 0 Å². The van der Waals surface area contributed by atoms with E-state index in [1.54, 1.807) is 12.3 Å². The van der Waals surface area contributed by atoms with Crippen LogP contribution in [0.5, 0.6) is 5.88 Å². The molecule has 0 radical (unpaired) electrons. The van der Waals surface area contributed by atoms with Crippen molar-refractivity contribution >= 4 is 11.9 Å². The molecule has 0 saturated carbocycles. The van der Waals surface area contributed by atoms with Gasteiger partial charge in [-0.2, -0.15) is 0 Å². The van der Waals surface area contributed by atoms with Crippen molar-refractivity contribution in [1.82, 2.24) is 10.3 Å². The molecule has 1 atom stereocenters. The van der Waals surface area contributed by atoms with E-state index >= 15 is 0 Å². The molecule has 0 bridgehead atoms. The van der Waals surface area contributed by atoms with Crippen molar-refractivity contribution in [1.29, 1.82) is 0 Å². The lowest BCUT2D eigenvalue weighted by molar-refractivity contribution is -0.145. The molecule has 4 aromatic rings. The highest BCUT2D eigenvalue weighted by Gasteiger charge is 2.39. The van der Waals surface area contributed by atoms with E-state index in [0.717, 1.165) is 16.7 Å². The molecular formula is C31H30N2O4. The lowest BCUT2D eigenvalue weighted by Gasteiger charge is -2.36. The number of nitrogens with one attached hydrogen (secondary N) is 1. The molecule has 0 aliphatic rings. The molecule has 37 heavy (non-hydrogen) atoms. The van der Waals surface area contributed by atoms with Gasteiger partial charge >= 0.3 is 5.97 Å². The molecule has 0 aliphatic carbocycles. The Bertz CT molecular complexity index is 1210. The monoisotopic (exact) mass is 494 g/mol. The average molecular weight is 495 g/mol. The Hall–Kier alpha value is -4.45. The number of pyridine rings is 1. The highest BCUT2D eigenvalue weighted by Crippen LogP contribution is 2.42. The molecule has 4 rings (SSSR count). The van der Waals surface area contributed by atoms with Gasteiger partial charge in [0, 0.05) is 24.6 Å². The van der Waals surface area contributed by atoms with Gasteiger partial charge in [0.25, 0.3) is 0 Å². The Morgan fingerprint density at radius 3 is 1.76 bits per heavy atom. The number of hydrogen-bond acceptors (Lipinski definition) is 5. The van der Waals surface area contributed by atoms with Crippen LogP contribution in [0.4, 0.5) is 0 Å². The maximum Gasteiger partial charge on any atom is 0.328 e. The lowest BCUT2D eigenvalue weighted by atomic mass is 9.67. The van der Waals surface area contributed by atoms with Gasteiger partial charge < -0.3 is 14.8 Å². The Balaban J connectivity index is 1.74. The van der Waals surface area contributed by atoms with Crippen LogP contribution in [0, 0.1) is 0 Å². The molecule has 6 heteroatoms. The van der Waals surface area contributed by atoms with Gasteiger partial charge in [-0.15, -0.1) is 0 Å². The number of rotatable bonds is 10. The van der Waals surface area contributed by atoms with Crippen molar-refractivity contribution in [3.8, 4) is 5.88 Å². The summed E-state index contributed by atoms with van der Waals surface area (Å²) in [4.78, 5) is 30.7. The summed E-state index contributed by atoms with van der Waals surface area (Å²) in [5.41, 5.74) is 2.85. The summed E-state index contributed by atoms with van der Waals surface area (Å²) in [5.74, 6) is -0.420. The predicted octanol–water partition coefficient (Wildman–Crippen LogP) is 4.72. The Labute approximate surface area is 217 Å². The smallest absolute Gasteiger partial charge is 0.328 e. The summed E-state index contributed by atoms with van der Waals surface area (Å²) >= 11 is 0. The molecule has 1 aromatic heterocycles. The number of esters is 1. The van der Waals surface area contributed by atoms with E-state index in [9.17, 15) is 9.59 Å². The number of methoxy groups -OCH3 is 2. The van der Waals surface area contributed by atoms with Crippen molar-refractivity contribution < 1.29 is 19.1 Å². The van der Waals surface area contributed by atoms with Crippen LogP contribution in [0.15, 0.2) is 109 Å². The van der Waals surface area contributed by atoms with Gasteiger partial charge in [-0.3, -0.25) is 4.79 Å². The number of benzene rings is 3. The SMILES string of the molecule is COC(=O)[C@@H](Cc1cccnc1OC)NC(=O)CC(c1ccccc1)(c1ccccc1)c1ccccc1. The zero-order chi connectivity index (χ0) is 26.1. The first kappa shape index (κ1) is 25.6. The molecule has 0 spiro atoms. The fraction of sp³-hybridized carbons (Fsp3) is 0.194. The number of nitrogens with zero attached hydrogens (tertiary/aromatic N) is 1. The van der Waals surface area contributed by atoms with Gasteiger partial charge in [0.15, 0.2) is 0 Å². The molecule has 1 heterocycles. The zero-order valence-electron chi connectivity index (χ0n) is 21.0. The van der Waals surface area contributed by atoms with E-state index in [-0.39, 0.29) is 18.7 Å². The fourth-order valence-corrected chi connectivity index (χ4v) is 4.78. The molecule has 0 saturated heterocycles. The fourth-order valence-electron chi connectivity index (χ4n) is 4.78. The summed E-state index contributed by atoms with van der Waals surface area (Å²) < 4.78 is 10.4. The maximum atomic E-state index is 13.8. The van der Waals surface area contributed by atoms with E-state index in [1.165, 1.54) is 14.2 Å². The van der Waals surface area contributed by atoms with Gasteiger partial charge in [-0.05, 0) is 22.8 Å². The molecular weight excluding hydrogens is 464 g/mol. The molecule has 6 nitrogen and oxygen atoms in total. The first-order valence-electron chi connectivity index (χ1n) is 12.1. The number of hydrogen-bond donors (Lipinski definition) is 1. The first-order chi connectivity index (χ1) is 18.1. The minimum Gasteiger partial charge on any atom is -0.481 e. The quantitative estimate of drug-likeness (QED) is 0.255. The van der Waals surface area contributed by atoms with Crippen LogP contribution in [0.25, 0.3) is 0 Å². The molecule has 1 N–H and O–H groups in total. The van der Waals surface area contributed by atoms with Crippen LogP contribution in [0.2, 0.25) is 0 Å². The van der Waals surface area contributed by atoms with Crippen LogP contribution in [-0.4, -0.2) is 37.1 Å². The van der Waals surface area contributed by atoms with Crippen molar-refractivity contribution in [2.75, 3.05) is 14.2 Å². The number of amides is 1. The van der Waals surface area contributed by atoms with Crippen molar-refractivity contribution in [3.05, 3.63) is 132 Å². The summed E-state index contributed by atoms with van der Waals surface area (Å²) in [6.07, 6.45) is 1.88. The maximum absolute atomic E-state index is 13.8. The highest BCUT2D eigenvalue weighted by molar-refractivity contribution is 5.86. The van der Waals surface area contributed by atoms with Crippen LogP contribution < -0.4 is 10.1 Å². The van der Waals surface area contributed by atoms with Crippen molar-refractivity contribution in [2.45, 2.75) is 24.3 Å². The predicted molar refractivity (Wildman–Crippen MR) is 142 cm³/mol. The third kappa shape index (κ3) is 5.70. The Kier molecular flexibility index (Phi) is 8.31. The van der Waals surface area contributed by atoms with E-state index in [1.807, 2.05) is 97.1 Å². The van der Waals surface area contributed by atoms with E-state index in [0.29, 0.717) is 11.4 Å². The molecule has 0 aliphatic heterocycles. The van der Waals surface area contributed by atoms with Gasteiger partial charge in [0.05, 0.1) is 19.6 Å². The third-order valence-corrected chi connectivity index (χ3v) is 6.51. The van der Waals surface area contributed by atoms with Gasteiger partial charge in [-0.1, -0.05) is 97.1 Å². The van der Waals surface area contributed by atoms with Gasteiger partial charge in [0.2, 0.25) is 11.8 Å². The van der Waals surface area contributed by atoms with E-state index in [2.05, 4.69) is 10.3 Å². The van der Waals surface area contributed by atoms with Crippen molar-refractivity contribution in [2.24, 2.45) is 0 Å². The normalized spacial score (nSPS) is 11.8. The summed E-state index contributed by atoms with van der Waals surface area (Å²) in [6.45, 7) is 0. The number of aromatic nitrogens is 1. The van der Waals surface area contributed by atoms with Crippen LogP contribution in [0.3, 0.4) is 0 Å². The second-order valence-corrected chi connectivity index (χ2v) is 8.70. The molecule has 1 amide bonds. The topological polar surface area (TPSA) is 77.5 Å². The van der Waals surface area contributed by atoms with Gasteiger partial charge in [-0.25, -0.2) is 9.78 Å². The average Bonchev–Trinajstić information content (AvgIpc) is 2.96. The largest absolute Gasteiger partial charge is 0.481 e. The van der Waals surface area contributed by atoms with Gasteiger partial charge in [0.1, 0.15) is 6.04 Å². The molecule has 0 unspecified atom stereocenters. The minimum absolute atomic E-state index is 0.0860. The van der Waals surface area contributed by atoms with Crippen LogP contribution in [-0.2, 0) is 26.2 Å². The first-order valence-corrected chi connectivity index (χ1v) is 12.1. The number of carbonyl (C=O) groups excluding carboxylic acids is 2. The Morgan fingerprint density at radius 2 is 1.30 bits per heavy atom. The molecule has 3 aromatic carbocycles. The Morgan fingerprint density at radius 1 is 0.784 bits per heavy atom. The number of ether oxygens (including phenoxy) is 2. The standard InChI is InChI=1S/C31H30N2O4/c1-36-29-23(13-12-20-32-29)21-27(30(35)37-2)33-28(34)22-31(24-14-6-3-7-15-24,25-16-8-4-9-17-25)26-18-10-5-11-19-26/h3-20,27H,21-22H2,1-2H3,(H,33,34)/t27-/m1/s1. The van der Waals surface area contributed by atoms with Crippen LogP contribution in [0.1, 0.15) is 28.7 Å². The molecule has 0 fully saturated rings. The van der Waals surface area contributed by atoms with Crippen LogP contribution >= 0.6 is 0 Å². The summed E-state index contributed by atoms with van der Waals surface area (Å²) in [6, 6.07) is 32.6. The minimum atomic E-state index is -0.907. The zero-order valence-corrected chi connectivity index (χ0v) is 21.0. The number of carbonyl (C=O) groups is 2. The summed E-state index contributed by atoms with van der Waals surface area (Å²) in [5, 5.41) is 2.94. The summed E-state index contributed by atoms with van der Waals surface area (Å²) in [7, 11) is 2.83. The van der Waals surface area contributed by atoms with E-state index < -0.39 is 17.4 Å².